The van der Waals surface area contributed by atoms with Crippen molar-refractivity contribution in [2.75, 3.05) is 5.32 Å². The predicted molar refractivity (Wildman–Crippen MR) is 66.3 cm³/mol. The molecular weight excluding hydrogens is 255 g/mol. The van der Waals surface area contributed by atoms with Crippen molar-refractivity contribution in [2.24, 2.45) is 7.05 Å². The second-order valence-corrected chi connectivity index (χ2v) is 4.46. The Morgan fingerprint density at radius 2 is 1.95 bits per heavy atom. The zero-order chi connectivity index (χ0) is 14.2. The molecule has 0 radical (unpaired) electrons. The molecule has 1 unspecified atom stereocenters. The van der Waals surface area contributed by atoms with Crippen LogP contribution in [-0.4, -0.2) is 9.78 Å². The van der Waals surface area contributed by atoms with Crippen LogP contribution in [-0.2, 0) is 7.05 Å². The number of aromatic nitrogens is 2. The minimum absolute atomic E-state index is 0.201. The summed E-state index contributed by atoms with van der Waals surface area (Å²) in [4.78, 5) is 0. The lowest BCUT2D eigenvalue weighted by Gasteiger charge is -2.15. The van der Waals surface area contributed by atoms with E-state index in [2.05, 4.69) is 10.4 Å². The molecule has 6 heteroatoms. The summed E-state index contributed by atoms with van der Waals surface area (Å²) < 4.78 is 41.4. The average Bonchev–Trinajstić information content (AvgIpc) is 2.64. The van der Waals surface area contributed by atoms with Gasteiger partial charge in [-0.15, -0.1) is 0 Å². The molecule has 0 spiro atoms. The van der Waals surface area contributed by atoms with E-state index in [-0.39, 0.29) is 11.7 Å². The van der Waals surface area contributed by atoms with E-state index in [0.717, 1.165) is 17.3 Å². The number of aryl methyl sites for hydroxylation is 2. The molecule has 19 heavy (non-hydrogen) atoms. The first-order valence-electron chi connectivity index (χ1n) is 5.79. The smallest absolute Gasteiger partial charge is 0.182 e. The number of nitrogens with one attached hydrogen (secondary N) is 1. The average molecular weight is 269 g/mol. The standard InChI is InChI=1S/C13H14F3N3/c1-7(10-6-19(3)18-8(10)2)17-12-5-9(14)4-11(15)13(12)16/h4-7,17H,1-3H3. The molecule has 0 amide bonds. The van der Waals surface area contributed by atoms with Gasteiger partial charge in [0.2, 0.25) is 0 Å². The van der Waals surface area contributed by atoms with Gasteiger partial charge in [0.25, 0.3) is 0 Å². The summed E-state index contributed by atoms with van der Waals surface area (Å²) in [6.45, 7) is 3.59. The Balaban J connectivity index is 2.29. The lowest BCUT2D eigenvalue weighted by atomic mass is 10.1. The number of hydrogen-bond donors (Lipinski definition) is 1. The first-order chi connectivity index (χ1) is 8.88. The van der Waals surface area contributed by atoms with E-state index in [0.29, 0.717) is 6.07 Å². The number of hydrogen-bond acceptors (Lipinski definition) is 2. The maximum atomic E-state index is 13.5. The molecule has 102 valence electrons. The Morgan fingerprint density at radius 3 is 2.53 bits per heavy atom. The number of anilines is 1. The SMILES string of the molecule is Cc1nn(C)cc1C(C)Nc1cc(F)cc(F)c1F. The molecule has 3 nitrogen and oxygen atoms in total. The Labute approximate surface area is 109 Å². The van der Waals surface area contributed by atoms with Crippen molar-refractivity contribution in [1.82, 2.24) is 9.78 Å². The first-order valence-corrected chi connectivity index (χ1v) is 5.79. The van der Waals surface area contributed by atoms with Crippen molar-refractivity contribution in [3.8, 4) is 0 Å². The summed E-state index contributed by atoms with van der Waals surface area (Å²) in [6, 6.07) is 1.13. The molecular formula is C13H14F3N3. The molecule has 1 atom stereocenters. The zero-order valence-electron chi connectivity index (χ0n) is 10.8. The molecule has 0 fully saturated rings. The highest BCUT2D eigenvalue weighted by molar-refractivity contribution is 5.47. The van der Waals surface area contributed by atoms with Gasteiger partial charge in [-0.05, 0) is 13.8 Å². The normalized spacial score (nSPS) is 12.5. The molecule has 0 saturated carbocycles. The fourth-order valence-electron chi connectivity index (χ4n) is 2.02. The van der Waals surface area contributed by atoms with E-state index in [4.69, 9.17) is 0 Å². The van der Waals surface area contributed by atoms with Crippen molar-refractivity contribution < 1.29 is 13.2 Å². The Bertz CT molecular complexity index is 607. The fourth-order valence-corrected chi connectivity index (χ4v) is 2.02. The lowest BCUT2D eigenvalue weighted by molar-refractivity contribution is 0.496. The molecule has 2 rings (SSSR count). The van der Waals surface area contributed by atoms with E-state index < -0.39 is 17.5 Å². The van der Waals surface area contributed by atoms with E-state index in [1.54, 1.807) is 24.9 Å². The van der Waals surface area contributed by atoms with Gasteiger partial charge in [-0.2, -0.15) is 5.10 Å². The van der Waals surface area contributed by atoms with Crippen LogP contribution < -0.4 is 5.32 Å². The van der Waals surface area contributed by atoms with E-state index in [1.165, 1.54) is 0 Å². The predicted octanol–water partition coefficient (Wildman–Crippen LogP) is 3.32. The minimum Gasteiger partial charge on any atom is -0.376 e. The Kier molecular flexibility index (Phi) is 3.50. The molecule has 1 aromatic heterocycles. The van der Waals surface area contributed by atoms with Crippen LogP contribution in [0.15, 0.2) is 18.3 Å². The summed E-state index contributed by atoms with van der Waals surface area (Å²) in [5.41, 5.74) is 1.42. The zero-order valence-corrected chi connectivity index (χ0v) is 10.8. The van der Waals surface area contributed by atoms with Crippen LogP contribution >= 0.6 is 0 Å². The third kappa shape index (κ3) is 2.72. The third-order valence-electron chi connectivity index (χ3n) is 2.88. The van der Waals surface area contributed by atoms with Gasteiger partial charge in [0.05, 0.1) is 17.4 Å². The second kappa shape index (κ2) is 4.95. The van der Waals surface area contributed by atoms with Gasteiger partial charge in [-0.25, -0.2) is 13.2 Å². The monoisotopic (exact) mass is 269 g/mol. The van der Waals surface area contributed by atoms with Gasteiger partial charge >= 0.3 is 0 Å². The highest BCUT2D eigenvalue weighted by atomic mass is 19.2. The van der Waals surface area contributed by atoms with Crippen LogP contribution in [0.3, 0.4) is 0 Å². The maximum Gasteiger partial charge on any atom is 0.182 e. The summed E-state index contributed by atoms with van der Waals surface area (Å²) in [6.07, 6.45) is 1.78. The molecule has 0 aliphatic carbocycles. The number of nitrogens with zero attached hydrogens (tertiary/aromatic N) is 2. The quantitative estimate of drug-likeness (QED) is 0.866. The van der Waals surface area contributed by atoms with Gasteiger partial charge in [-0.1, -0.05) is 0 Å². The summed E-state index contributed by atoms with van der Waals surface area (Å²) >= 11 is 0. The second-order valence-electron chi connectivity index (χ2n) is 4.46. The number of halogens is 3. The molecule has 0 aliphatic rings. The van der Waals surface area contributed by atoms with Gasteiger partial charge in [-0.3, -0.25) is 4.68 Å². The first kappa shape index (κ1) is 13.5. The van der Waals surface area contributed by atoms with Crippen LogP contribution in [0.2, 0.25) is 0 Å². The van der Waals surface area contributed by atoms with E-state index >= 15 is 0 Å². The third-order valence-corrected chi connectivity index (χ3v) is 2.88. The Hall–Kier alpha value is -1.98. The van der Waals surface area contributed by atoms with Crippen molar-refractivity contribution in [1.29, 1.82) is 0 Å². The van der Waals surface area contributed by atoms with Gasteiger partial charge in [0, 0.05) is 30.9 Å². The largest absolute Gasteiger partial charge is 0.376 e. The van der Waals surface area contributed by atoms with Crippen LogP contribution in [0.25, 0.3) is 0 Å². The maximum absolute atomic E-state index is 13.5. The Morgan fingerprint density at radius 1 is 1.26 bits per heavy atom. The highest BCUT2D eigenvalue weighted by Crippen LogP contribution is 2.25. The minimum atomic E-state index is -1.21. The van der Waals surface area contributed by atoms with Crippen molar-refractivity contribution in [3.05, 3.63) is 47.0 Å². The summed E-state index contributed by atoms with van der Waals surface area (Å²) in [5, 5.41) is 6.92. The molecule has 0 saturated heterocycles. The molecule has 1 heterocycles. The number of benzene rings is 1. The highest BCUT2D eigenvalue weighted by Gasteiger charge is 2.16. The van der Waals surface area contributed by atoms with Crippen molar-refractivity contribution in [3.63, 3.8) is 0 Å². The summed E-state index contributed by atoms with van der Waals surface area (Å²) in [7, 11) is 1.77. The van der Waals surface area contributed by atoms with Crippen molar-refractivity contribution >= 4 is 5.69 Å². The van der Waals surface area contributed by atoms with E-state index in [9.17, 15) is 13.2 Å². The molecule has 0 bridgehead atoms. The van der Waals surface area contributed by atoms with E-state index in [1.807, 2.05) is 6.92 Å². The van der Waals surface area contributed by atoms with Gasteiger partial charge < -0.3 is 5.32 Å². The lowest BCUT2D eigenvalue weighted by Crippen LogP contribution is -2.09. The van der Waals surface area contributed by atoms with Gasteiger partial charge in [0.15, 0.2) is 11.6 Å². The molecule has 0 aliphatic heterocycles. The van der Waals surface area contributed by atoms with Crippen molar-refractivity contribution in [2.45, 2.75) is 19.9 Å². The number of rotatable bonds is 3. The van der Waals surface area contributed by atoms with Crippen LogP contribution in [0.5, 0.6) is 0 Å². The molecule has 2 aromatic rings. The topological polar surface area (TPSA) is 29.9 Å². The summed E-state index contributed by atoms with van der Waals surface area (Å²) in [5.74, 6) is -3.12. The fraction of sp³-hybridized carbons (Fsp3) is 0.308. The molecule has 1 aromatic carbocycles. The van der Waals surface area contributed by atoms with Gasteiger partial charge in [0.1, 0.15) is 5.82 Å². The molecule has 1 N–H and O–H groups in total. The van der Waals surface area contributed by atoms with Crippen LogP contribution in [0, 0.1) is 24.4 Å². The van der Waals surface area contributed by atoms with Crippen LogP contribution in [0.4, 0.5) is 18.9 Å². The van der Waals surface area contributed by atoms with Crippen LogP contribution in [0.1, 0.15) is 24.2 Å².